The van der Waals surface area contributed by atoms with E-state index in [4.69, 9.17) is 21.1 Å². The Hall–Kier alpha value is -1.79. The first-order valence-corrected chi connectivity index (χ1v) is 11.6. The predicted molar refractivity (Wildman–Crippen MR) is 122 cm³/mol. The van der Waals surface area contributed by atoms with Crippen molar-refractivity contribution >= 4 is 23.4 Å². The van der Waals surface area contributed by atoms with Gasteiger partial charge in [-0.1, -0.05) is 41.4 Å². The fourth-order valence-corrected chi connectivity index (χ4v) is 4.89. The fraction of sp³-hybridized carbons (Fsp3) is 0.375. The van der Waals surface area contributed by atoms with Gasteiger partial charge in [0.15, 0.2) is 5.79 Å². The van der Waals surface area contributed by atoms with Crippen molar-refractivity contribution in [3.05, 3.63) is 82.9 Å². The fourth-order valence-electron chi connectivity index (χ4n) is 3.78. The molecule has 2 atom stereocenters. The highest BCUT2D eigenvalue weighted by Gasteiger charge is 2.41. The van der Waals surface area contributed by atoms with E-state index >= 15 is 0 Å². The minimum Gasteiger partial charge on any atom is -0.345 e. The monoisotopic (exact) mass is 442 g/mol. The van der Waals surface area contributed by atoms with Crippen LogP contribution in [0.25, 0.3) is 0 Å². The molecule has 1 fully saturated rings. The summed E-state index contributed by atoms with van der Waals surface area (Å²) in [7, 11) is 0. The second-order valence-electron chi connectivity index (χ2n) is 7.90. The summed E-state index contributed by atoms with van der Waals surface area (Å²) in [6.45, 7) is 5.52. The standard InChI is InChI=1S/C24H27ClN2O2S/c1-18-3-8-23(19(2)13-18)30-15-22-14-28-24(29-22,16-27-12-11-26-17-27)10-9-20-4-6-21(25)7-5-20/h3-8,11-13,17,22H,9-10,14-16H2,1-2H3. The third kappa shape index (κ3) is 5.46. The molecule has 2 heterocycles. The summed E-state index contributed by atoms with van der Waals surface area (Å²) in [5.41, 5.74) is 3.83. The molecule has 2 aromatic carbocycles. The van der Waals surface area contributed by atoms with Crippen LogP contribution in [0.3, 0.4) is 0 Å². The molecule has 1 aromatic heterocycles. The average Bonchev–Trinajstić information content (AvgIpc) is 3.38. The molecule has 30 heavy (non-hydrogen) atoms. The lowest BCUT2D eigenvalue weighted by atomic mass is 10.0. The number of nitrogens with zero attached hydrogens (tertiary/aromatic N) is 2. The molecule has 1 aliphatic heterocycles. The van der Waals surface area contributed by atoms with Gasteiger partial charge >= 0.3 is 0 Å². The van der Waals surface area contributed by atoms with Gasteiger partial charge in [-0.2, -0.15) is 0 Å². The number of aryl methyl sites for hydroxylation is 3. The highest BCUT2D eigenvalue weighted by Crippen LogP contribution is 2.34. The smallest absolute Gasteiger partial charge is 0.187 e. The number of aromatic nitrogens is 2. The quantitative estimate of drug-likeness (QED) is 0.420. The van der Waals surface area contributed by atoms with Crippen LogP contribution in [-0.4, -0.2) is 33.8 Å². The molecule has 0 saturated carbocycles. The topological polar surface area (TPSA) is 36.3 Å². The maximum absolute atomic E-state index is 6.54. The number of hydrogen-bond acceptors (Lipinski definition) is 4. The summed E-state index contributed by atoms with van der Waals surface area (Å²) >= 11 is 7.86. The minimum absolute atomic E-state index is 0.0597. The second-order valence-corrected chi connectivity index (χ2v) is 9.40. The van der Waals surface area contributed by atoms with E-state index in [1.54, 1.807) is 6.20 Å². The molecule has 0 spiro atoms. The van der Waals surface area contributed by atoms with Gasteiger partial charge in [0.25, 0.3) is 0 Å². The van der Waals surface area contributed by atoms with Crippen LogP contribution in [0.5, 0.6) is 0 Å². The van der Waals surface area contributed by atoms with Gasteiger partial charge in [0.05, 0.1) is 25.6 Å². The Labute approximate surface area is 187 Å². The Morgan fingerprint density at radius 3 is 2.77 bits per heavy atom. The Morgan fingerprint density at radius 2 is 2.03 bits per heavy atom. The van der Waals surface area contributed by atoms with Crippen LogP contribution >= 0.6 is 23.4 Å². The summed E-state index contributed by atoms with van der Waals surface area (Å²) in [4.78, 5) is 5.47. The first-order valence-electron chi connectivity index (χ1n) is 10.2. The number of thioether (sulfide) groups is 1. The second kappa shape index (κ2) is 9.56. The van der Waals surface area contributed by atoms with Crippen molar-refractivity contribution in [2.24, 2.45) is 0 Å². The van der Waals surface area contributed by atoms with Gasteiger partial charge in [-0.3, -0.25) is 0 Å². The van der Waals surface area contributed by atoms with Crippen LogP contribution < -0.4 is 0 Å². The molecule has 3 aromatic rings. The molecule has 158 valence electrons. The minimum atomic E-state index is -0.645. The number of imidazole rings is 1. The summed E-state index contributed by atoms with van der Waals surface area (Å²) in [5.74, 6) is 0.227. The molecule has 6 heteroatoms. The Bertz CT molecular complexity index is 962. The first-order chi connectivity index (χ1) is 14.5. The van der Waals surface area contributed by atoms with E-state index in [1.165, 1.54) is 21.6 Å². The van der Waals surface area contributed by atoms with E-state index in [2.05, 4.69) is 49.2 Å². The largest absolute Gasteiger partial charge is 0.345 e. The number of rotatable bonds is 8. The van der Waals surface area contributed by atoms with Crippen molar-refractivity contribution in [2.45, 2.75) is 50.0 Å². The van der Waals surface area contributed by atoms with Crippen molar-refractivity contribution in [2.75, 3.05) is 12.4 Å². The molecular weight excluding hydrogens is 416 g/mol. The maximum Gasteiger partial charge on any atom is 0.187 e. The van der Waals surface area contributed by atoms with Crippen LogP contribution in [0, 0.1) is 13.8 Å². The number of benzene rings is 2. The lowest BCUT2D eigenvalue weighted by molar-refractivity contribution is -0.180. The molecule has 0 amide bonds. The summed E-state index contributed by atoms with van der Waals surface area (Å²) in [6.07, 6.45) is 7.25. The van der Waals surface area contributed by atoms with Crippen molar-refractivity contribution in [3.8, 4) is 0 Å². The third-order valence-corrected chi connectivity index (χ3v) is 6.92. The molecule has 1 aliphatic rings. The Kier molecular flexibility index (Phi) is 6.84. The van der Waals surface area contributed by atoms with E-state index in [0.717, 1.165) is 23.6 Å². The predicted octanol–water partition coefficient (Wildman–Crippen LogP) is 5.69. The van der Waals surface area contributed by atoms with Crippen molar-refractivity contribution in [1.29, 1.82) is 0 Å². The lowest BCUT2D eigenvalue weighted by Gasteiger charge is -2.28. The zero-order chi connectivity index (χ0) is 21.0. The van der Waals surface area contributed by atoms with E-state index in [-0.39, 0.29) is 6.10 Å². The van der Waals surface area contributed by atoms with Gasteiger partial charge in [0.2, 0.25) is 0 Å². The van der Waals surface area contributed by atoms with Crippen LogP contribution in [0.15, 0.2) is 66.1 Å². The van der Waals surface area contributed by atoms with Crippen LogP contribution in [-0.2, 0) is 22.4 Å². The van der Waals surface area contributed by atoms with E-state index in [0.29, 0.717) is 13.2 Å². The molecule has 0 aliphatic carbocycles. The van der Waals surface area contributed by atoms with Gasteiger partial charge in [0.1, 0.15) is 0 Å². The molecular formula is C24H27ClN2O2S. The molecule has 4 nitrogen and oxygen atoms in total. The van der Waals surface area contributed by atoms with E-state index < -0.39 is 5.79 Å². The zero-order valence-electron chi connectivity index (χ0n) is 17.4. The van der Waals surface area contributed by atoms with Gasteiger partial charge in [-0.15, -0.1) is 11.8 Å². The summed E-state index contributed by atoms with van der Waals surface area (Å²) in [5, 5.41) is 0.753. The van der Waals surface area contributed by atoms with Gasteiger partial charge in [-0.05, 0) is 49.6 Å². The average molecular weight is 443 g/mol. The highest BCUT2D eigenvalue weighted by atomic mass is 35.5. The van der Waals surface area contributed by atoms with Gasteiger partial charge < -0.3 is 14.0 Å². The summed E-state index contributed by atoms with van der Waals surface area (Å²) in [6, 6.07) is 14.6. The van der Waals surface area contributed by atoms with E-state index in [1.807, 2.05) is 41.0 Å². The summed E-state index contributed by atoms with van der Waals surface area (Å²) < 4.78 is 14.9. The molecule has 0 bridgehead atoms. The molecule has 0 N–H and O–H groups in total. The number of ether oxygens (including phenoxy) is 2. The Morgan fingerprint density at radius 1 is 1.20 bits per heavy atom. The number of halogens is 1. The maximum atomic E-state index is 6.54. The first kappa shape index (κ1) is 21.4. The third-order valence-electron chi connectivity index (χ3n) is 5.36. The number of hydrogen-bond donors (Lipinski definition) is 0. The van der Waals surface area contributed by atoms with Crippen molar-refractivity contribution < 1.29 is 9.47 Å². The van der Waals surface area contributed by atoms with Crippen molar-refractivity contribution in [3.63, 3.8) is 0 Å². The SMILES string of the molecule is Cc1ccc(SCC2COC(CCc3ccc(Cl)cc3)(Cn3ccnc3)O2)c(C)c1. The van der Waals surface area contributed by atoms with Crippen molar-refractivity contribution in [1.82, 2.24) is 9.55 Å². The van der Waals surface area contributed by atoms with Crippen LogP contribution in [0.1, 0.15) is 23.1 Å². The molecule has 2 unspecified atom stereocenters. The normalized spacial score (nSPS) is 21.2. The van der Waals surface area contributed by atoms with Crippen LogP contribution in [0.4, 0.5) is 0 Å². The Balaban J connectivity index is 1.41. The van der Waals surface area contributed by atoms with E-state index in [9.17, 15) is 0 Å². The van der Waals surface area contributed by atoms with Gasteiger partial charge in [0, 0.05) is 34.5 Å². The molecule has 4 rings (SSSR count). The molecule has 1 saturated heterocycles. The van der Waals surface area contributed by atoms with Crippen LogP contribution in [0.2, 0.25) is 5.02 Å². The lowest BCUT2D eigenvalue weighted by Crippen LogP contribution is -2.37. The zero-order valence-corrected chi connectivity index (χ0v) is 19.0. The molecule has 0 radical (unpaired) electrons. The highest BCUT2D eigenvalue weighted by molar-refractivity contribution is 7.99. The van der Waals surface area contributed by atoms with Gasteiger partial charge in [-0.25, -0.2) is 4.98 Å².